The zero-order valence-electron chi connectivity index (χ0n) is 9.01. The minimum Gasteiger partial charge on any atom is -0.297 e. The molecule has 0 aromatic carbocycles. The average Bonchev–Trinajstić information content (AvgIpc) is 2.15. The van der Waals surface area contributed by atoms with Crippen molar-refractivity contribution in [2.24, 2.45) is 0 Å². The highest BCUT2D eigenvalue weighted by atomic mass is 31.0. The fraction of sp³-hybridized carbons (Fsp3) is 0.500. The SMILES string of the molecule is CC.Cc1cc(C)n(P)c(=O)c1C. The second-order valence-electron chi connectivity index (χ2n) is 2.77. The first-order valence-corrected chi connectivity index (χ1v) is 5.00. The van der Waals surface area contributed by atoms with E-state index in [9.17, 15) is 4.79 Å². The summed E-state index contributed by atoms with van der Waals surface area (Å²) in [5, 5.41) is 0. The molecular weight excluding hydrogens is 181 g/mol. The molecule has 0 radical (unpaired) electrons. The molecule has 3 heteroatoms. The summed E-state index contributed by atoms with van der Waals surface area (Å²) in [4.78, 5) is 11.4. The minimum absolute atomic E-state index is 0.0764. The predicted octanol–water partition coefficient (Wildman–Crippen LogP) is 2.44. The Morgan fingerprint density at radius 3 is 2.15 bits per heavy atom. The number of hydrogen-bond donors (Lipinski definition) is 0. The molecule has 0 spiro atoms. The van der Waals surface area contributed by atoms with Gasteiger partial charge in [-0.15, -0.1) is 0 Å². The Balaban J connectivity index is 0.000000671. The molecule has 0 amide bonds. The van der Waals surface area contributed by atoms with E-state index in [-0.39, 0.29) is 5.56 Å². The van der Waals surface area contributed by atoms with Gasteiger partial charge in [0.25, 0.3) is 5.56 Å². The van der Waals surface area contributed by atoms with Crippen molar-refractivity contribution in [2.75, 3.05) is 0 Å². The van der Waals surface area contributed by atoms with Gasteiger partial charge in [-0.1, -0.05) is 13.8 Å². The molecule has 0 N–H and O–H groups in total. The van der Waals surface area contributed by atoms with Gasteiger partial charge in [0, 0.05) is 11.3 Å². The maximum atomic E-state index is 11.4. The lowest BCUT2D eigenvalue weighted by molar-refractivity contribution is 1.02. The molecule has 0 aliphatic heterocycles. The summed E-state index contributed by atoms with van der Waals surface area (Å²) in [5.41, 5.74) is 2.94. The zero-order chi connectivity index (χ0) is 10.6. The van der Waals surface area contributed by atoms with E-state index in [1.807, 2.05) is 40.7 Å². The van der Waals surface area contributed by atoms with Crippen LogP contribution in [0.5, 0.6) is 0 Å². The predicted molar refractivity (Wildman–Crippen MR) is 61.4 cm³/mol. The van der Waals surface area contributed by atoms with Crippen LogP contribution in [0.3, 0.4) is 0 Å². The van der Waals surface area contributed by atoms with Crippen LogP contribution in [0.15, 0.2) is 10.9 Å². The number of pyridine rings is 1. The molecule has 1 aromatic heterocycles. The summed E-state index contributed by atoms with van der Waals surface area (Å²) >= 11 is 0. The van der Waals surface area contributed by atoms with Crippen molar-refractivity contribution in [2.45, 2.75) is 34.6 Å². The van der Waals surface area contributed by atoms with Crippen LogP contribution in [0.1, 0.15) is 30.7 Å². The Morgan fingerprint density at radius 1 is 1.23 bits per heavy atom. The normalized spacial score (nSPS) is 9.08. The third-order valence-electron chi connectivity index (χ3n) is 1.94. The van der Waals surface area contributed by atoms with Crippen LogP contribution in [-0.2, 0) is 0 Å². The number of hydrogen-bond acceptors (Lipinski definition) is 1. The molecule has 1 heterocycles. The monoisotopic (exact) mass is 199 g/mol. The van der Waals surface area contributed by atoms with Crippen LogP contribution in [0.2, 0.25) is 0 Å². The quantitative estimate of drug-likeness (QED) is 0.588. The molecular formula is C10H18NOP. The number of rotatable bonds is 0. The molecule has 13 heavy (non-hydrogen) atoms. The van der Waals surface area contributed by atoms with Crippen molar-refractivity contribution >= 4 is 9.39 Å². The van der Waals surface area contributed by atoms with E-state index in [1.165, 1.54) is 0 Å². The molecule has 2 nitrogen and oxygen atoms in total. The summed E-state index contributed by atoms with van der Waals surface area (Å²) in [6, 6.07) is 2.00. The fourth-order valence-electron chi connectivity index (χ4n) is 1.00. The molecule has 1 rings (SSSR count). The molecule has 74 valence electrons. The van der Waals surface area contributed by atoms with E-state index in [1.54, 1.807) is 4.34 Å². The van der Waals surface area contributed by atoms with Gasteiger partial charge in [-0.3, -0.25) is 9.13 Å². The molecule has 1 aromatic rings. The van der Waals surface area contributed by atoms with Gasteiger partial charge in [0.1, 0.15) is 0 Å². The molecule has 0 saturated carbocycles. The first kappa shape index (κ1) is 12.4. The lowest BCUT2D eigenvalue weighted by Crippen LogP contribution is -2.18. The molecule has 0 aliphatic carbocycles. The third-order valence-corrected chi connectivity index (χ3v) is 2.58. The van der Waals surface area contributed by atoms with Gasteiger partial charge in [0.05, 0.1) is 0 Å². The molecule has 0 aliphatic rings. The largest absolute Gasteiger partial charge is 0.297 e. The first-order chi connectivity index (χ1) is 6.04. The summed E-state index contributed by atoms with van der Waals surface area (Å²) < 4.78 is 1.59. The van der Waals surface area contributed by atoms with Gasteiger partial charge in [0.2, 0.25) is 0 Å². The smallest absolute Gasteiger partial charge is 0.256 e. The van der Waals surface area contributed by atoms with Crippen molar-refractivity contribution in [1.29, 1.82) is 0 Å². The van der Waals surface area contributed by atoms with E-state index in [0.717, 1.165) is 16.8 Å². The minimum atomic E-state index is 0.0764. The molecule has 0 fully saturated rings. The third kappa shape index (κ3) is 2.67. The lowest BCUT2D eigenvalue weighted by atomic mass is 10.1. The van der Waals surface area contributed by atoms with Crippen LogP contribution < -0.4 is 5.56 Å². The van der Waals surface area contributed by atoms with Gasteiger partial charge in [-0.25, -0.2) is 0 Å². The molecule has 0 saturated heterocycles. The summed E-state index contributed by atoms with van der Waals surface area (Å²) in [6.45, 7) is 9.72. The van der Waals surface area contributed by atoms with Crippen molar-refractivity contribution < 1.29 is 0 Å². The number of aryl methyl sites for hydroxylation is 2. The first-order valence-electron chi connectivity index (χ1n) is 4.49. The van der Waals surface area contributed by atoms with E-state index < -0.39 is 0 Å². The maximum Gasteiger partial charge on any atom is 0.256 e. The van der Waals surface area contributed by atoms with Gasteiger partial charge in [-0.2, -0.15) is 0 Å². The van der Waals surface area contributed by atoms with Gasteiger partial charge >= 0.3 is 0 Å². The van der Waals surface area contributed by atoms with Crippen molar-refractivity contribution in [3.63, 3.8) is 0 Å². The highest BCUT2D eigenvalue weighted by molar-refractivity contribution is 7.14. The van der Waals surface area contributed by atoms with Crippen LogP contribution in [0.25, 0.3) is 0 Å². The number of nitrogens with zero attached hydrogens (tertiary/aromatic N) is 1. The highest BCUT2D eigenvalue weighted by Gasteiger charge is 2.01. The van der Waals surface area contributed by atoms with Crippen LogP contribution in [0.4, 0.5) is 0 Å². The Hall–Kier alpha value is -0.620. The topological polar surface area (TPSA) is 22.0 Å². The molecule has 1 unspecified atom stereocenters. The highest BCUT2D eigenvalue weighted by Crippen LogP contribution is 2.06. The standard InChI is InChI=1S/C8H12NOP.C2H6/c1-5-4-6(2)9(11)8(10)7(5)3;1-2/h4H,11H2,1-3H3;1-2H3. The van der Waals surface area contributed by atoms with E-state index in [4.69, 9.17) is 0 Å². The Morgan fingerprint density at radius 2 is 1.69 bits per heavy atom. The van der Waals surface area contributed by atoms with E-state index >= 15 is 0 Å². The van der Waals surface area contributed by atoms with Gasteiger partial charge in [-0.05, 0) is 41.8 Å². The fourth-order valence-corrected chi connectivity index (χ4v) is 1.27. The van der Waals surface area contributed by atoms with Gasteiger partial charge < -0.3 is 0 Å². The molecule has 0 bridgehead atoms. The second kappa shape index (κ2) is 5.18. The van der Waals surface area contributed by atoms with Gasteiger partial charge in [0.15, 0.2) is 0 Å². The molecule has 1 atom stereocenters. The second-order valence-corrected chi connectivity index (χ2v) is 3.29. The summed E-state index contributed by atoms with van der Waals surface area (Å²) in [7, 11) is 2.41. The van der Waals surface area contributed by atoms with Crippen molar-refractivity contribution in [3.8, 4) is 0 Å². The number of aromatic nitrogens is 1. The Kier molecular flexibility index (Phi) is 4.94. The Bertz CT molecular complexity index is 312. The van der Waals surface area contributed by atoms with Crippen LogP contribution in [-0.4, -0.2) is 4.34 Å². The lowest BCUT2D eigenvalue weighted by Gasteiger charge is -2.06. The average molecular weight is 199 g/mol. The van der Waals surface area contributed by atoms with Crippen molar-refractivity contribution in [3.05, 3.63) is 33.2 Å². The van der Waals surface area contributed by atoms with E-state index in [2.05, 4.69) is 9.39 Å². The summed E-state index contributed by atoms with van der Waals surface area (Å²) in [6.07, 6.45) is 0. The Labute approximate surface area is 82.2 Å². The van der Waals surface area contributed by atoms with E-state index in [0.29, 0.717) is 0 Å². The maximum absolute atomic E-state index is 11.4. The van der Waals surface area contributed by atoms with Crippen LogP contribution >= 0.6 is 9.39 Å². The van der Waals surface area contributed by atoms with Crippen LogP contribution in [0, 0.1) is 20.8 Å². The summed E-state index contributed by atoms with van der Waals surface area (Å²) in [5.74, 6) is 0. The zero-order valence-corrected chi connectivity index (χ0v) is 10.2. The van der Waals surface area contributed by atoms with Crippen molar-refractivity contribution in [1.82, 2.24) is 4.34 Å².